The first kappa shape index (κ1) is 9.96. The highest BCUT2D eigenvalue weighted by Gasteiger charge is 2.45. The van der Waals surface area contributed by atoms with Crippen molar-refractivity contribution < 1.29 is 10.2 Å². The molecule has 0 unspecified atom stereocenters. The minimum atomic E-state index is -0.229. The van der Waals surface area contributed by atoms with Crippen LogP contribution in [0.5, 0.6) is 0 Å². The van der Waals surface area contributed by atoms with Gasteiger partial charge in [-0.05, 0) is 20.8 Å². The third-order valence-corrected chi connectivity index (χ3v) is 2.67. The minimum Gasteiger partial charge on any atom is -0.396 e. The maximum Gasteiger partial charge on any atom is 0.0534 e. The molecule has 0 amide bonds. The second-order valence-electron chi connectivity index (χ2n) is 4.84. The van der Waals surface area contributed by atoms with Gasteiger partial charge in [0, 0.05) is 24.0 Å². The lowest BCUT2D eigenvalue weighted by Gasteiger charge is -2.54. The van der Waals surface area contributed by atoms with E-state index in [1.54, 1.807) is 0 Å². The zero-order valence-electron chi connectivity index (χ0n) is 8.17. The van der Waals surface area contributed by atoms with Gasteiger partial charge in [0.05, 0.1) is 13.2 Å². The molecule has 0 aromatic rings. The fourth-order valence-corrected chi connectivity index (χ4v) is 1.49. The summed E-state index contributed by atoms with van der Waals surface area (Å²) in [4.78, 5) is 2.26. The van der Waals surface area contributed by atoms with Crippen molar-refractivity contribution in [2.24, 2.45) is 5.41 Å². The van der Waals surface area contributed by atoms with Gasteiger partial charge in [0.15, 0.2) is 0 Å². The molecule has 12 heavy (non-hydrogen) atoms. The molecule has 1 aliphatic heterocycles. The van der Waals surface area contributed by atoms with Crippen molar-refractivity contribution in [3.8, 4) is 0 Å². The quantitative estimate of drug-likeness (QED) is 0.621. The Kier molecular flexibility index (Phi) is 2.47. The maximum atomic E-state index is 9.03. The van der Waals surface area contributed by atoms with Crippen LogP contribution in [-0.2, 0) is 0 Å². The molecule has 1 heterocycles. The van der Waals surface area contributed by atoms with E-state index in [4.69, 9.17) is 10.2 Å². The molecule has 0 aromatic carbocycles. The van der Waals surface area contributed by atoms with E-state index in [2.05, 4.69) is 25.7 Å². The molecular formula is C9H19NO2. The summed E-state index contributed by atoms with van der Waals surface area (Å²) in [7, 11) is 0. The fourth-order valence-electron chi connectivity index (χ4n) is 1.49. The summed E-state index contributed by atoms with van der Waals surface area (Å²) in [6.45, 7) is 8.24. The number of aliphatic hydroxyl groups is 2. The molecule has 0 bridgehead atoms. The van der Waals surface area contributed by atoms with Gasteiger partial charge in [-0.15, -0.1) is 0 Å². The molecule has 0 aromatic heterocycles. The van der Waals surface area contributed by atoms with Gasteiger partial charge in [-0.3, -0.25) is 4.90 Å². The molecule has 1 saturated heterocycles. The summed E-state index contributed by atoms with van der Waals surface area (Å²) in [6, 6.07) is 0. The zero-order valence-corrected chi connectivity index (χ0v) is 8.17. The number of aliphatic hydroxyl groups excluding tert-OH is 2. The Bertz CT molecular complexity index is 150. The van der Waals surface area contributed by atoms with Crippen molar-refractivity contribution in [3.05, 3.63) is 0 Å². The predicted octanol–water partition coefficient (Wildman–Crippen LogP) is 0.0715. The van der Waals surface area contributed by atoms with Crippen LogP contribution >= 0.6 is 0 Å². The highest BCUT2D eigenvalue weighted by Crippen LogP contribution is 2.34. The van der Waals surface area contributed by atoms with E-state index < -0.39 is 0 Å². The Morgan fingerprint density at radius 2 is 1.58 bits per heavy atom. The molecule has 3 nitrogen and oxygen atoms in total. The Morgan fingerprint density at radius 3 is 1.83 bits per heavy atom. The Hall–Kier alpha value is -0.120. The van der Waals surface area contributed by atoms with Gasteiger partial charge in [0.1, 0.15) is 0 Å². The number of hydrogen-bond acceptors (Lipinski definition) is 3. The van der Waals surface area contributed by atoms with Crippen molar-refractivity contribution in [2.45, 2.75) is 26.3 Å². The van der Waals surface area contributed by atoms with Crippen molar-refractivity contribution in [1.29, 1.82) is 0 Å². The SMILES string of the molecule is CC(C)(C)N1CC(CO)(CO)C1. The molecule has 0 radical (unpaired) electrons. The fraction of sp³-hybridized carbons (Fsp3) is 1.00. The van der Waals surface area contributed by atoms with Crippen LogP contribution in [0.2, 0.25) is 0 Å². The monoisotopic (exact) mass is 173 g/mol. The molecule has 2 N–H and O–H groups in total. The van der Waals surface area contributed by atoms with Crippen molar-refractivity contribution in [3.63, 3.8) is 0 Å². The molecule has 72 valence electrons. The second-order valence-corrected chi connectivity index (χ2v) is 4.84. The van der Waals surface area contributed by atoms with Crippen LogP contribution in [0.25, 0.3) is 0 Å². The standard InChI is InChI=1S/C9H19NO2/c1-8(2,3)10-4-9(5-10,6-11)7-12/h11-12H,4-7H2,1-3H3. The van der Waals surface area contributed by atoms with Crippen LogP contribution in [0.3, 0.4) is 0 Å². The number of likely N-dealkylation sites (tertiary alicyclic amines) is 1. The first-order chi connectivity index (χ1) is 5.43. The van der Waals surface area contributed by atoms with E-state index in [1.807, 2.05) is 0 Å². The van der Waals surface area contributed by atoms with E-state index in [0.717, 1.165) is 13.1 Å². The second kappa shape index (κ2) is 2.98. The third kappa shape index (κ3) is 1.63. The topological polar surface area (TPSA) is 43.7 Å². The third-order valence-electron chi connectivity index (χ3n) is 2.67. The van der Waals surface area contributed by atoms with Gasteiger partial charge in [-0.2, -0.15) is 0 Å². The van der Waals surface area contributed by atoms with Crippen LogP contribution in [-0.4, -0.2) is 47.0 Å². The summed E-state index contributed by atoms with van der Waals surface area (Å²) >= 11 is 0. The van der Waals surface area contributed by atoms with E-state index in [9.17, 15) is 0 Å². The van der Waals surface area contributed by atoms with Gasteiger partial charge in [0.2, 0.25) is 0 Å². The van der Waals surface area contributed by atoms with Gasteiger partial charge in [-0.1, -0.05) is 0 Å². The van der Waals surface area contributed by atoms with E-state index in [1.165, 1.54) is 0 Å². The van der Waals surface area contributed by atoms with Crippen molar-refractivity contribution in [1.82, 2.24) is 4.90 Å². The average Bonchev–Trinajstić information content (AvgIpc) is 1.85. The van der Waals surface area contributed by atoms with Crippen LogP contribution < -0.4 is 0 Å². The lowest BCUT2D eigenvalue weighted by atomic mass is 9.78. The van der Waals surface area contributed by atoms with Crippen molar-refractivity contribution >= 4 is 0 Å². The van der Waals surface area contributed by atoms with Crippen molar-refractivity contribution in [2.75, 3.05) is 26.3 Å². The van der Waals surface area contributed by atoms with Crippen LogP contribution in [0.4, 0.5) is 0 Å². The minimum absolute atomic E-state index is 0.0933. The van der Waals surface area contributed by atoms with Crippen LogP contribution in [0, 0.1) is 5.41 Å². The van der Waals surface area contributed by atoms with Crippen LogP contribution in [0.1, 0.15) is 20.8 Å². The van der Waals surface area contributed by atoms with Gasteiger partial charge >= 0.3 is 0 Å². The lowest BCUT2D eigenvalue weighted by Crippen LogP contribution is -2.65. The molecular weight excluding hydrogens is 154 g/mol. The van der Waals surface area contributed by atoms with E-state index in [0.29, 0.717) is 0 Å². The van der Waals surface area contributed by atoms with E-state index >= 15 is 0 Å². The first-order valence-electron chi connectivity index (χ1n) is 4.40. The number of nitrogens with zero attached hydrogens (tertiary/aromatic N) is 1. The molecule has 3 heteroatoms. The zero-order chi connectivity index (χ0) is 9.41. The van der Waals surface area contributed by atoms with Gasteiger partial charge in [0.25, 0.3) is 0 Å². The Balaban J connectivity index is 2.45. The normalized spacial score (nSPS) is 23.8. The molecule has 1 aliphatic rings. The largest absolute Gasteiger partial charge is 0.396 e. The number of rotatable bonds is 2. The van der Waals surface area contributed by atoms with E-state index in [-0.39, 0.29) is 24.2 Å². The highest BCUT2D eigenvalue weighted by atomic mass is 16.3. The molecule has 0 aliphatic carbocycles. The maximum absolute atomic E-state index is 9.03. The molecule has 0 atom stereocenters. The predicted molar refractivity (Wildman–Crippen MR) is 47.9 cm³/mol. The Labute approximate surface area is 74.0 Å². The molecule has 0 saturated carbocycles. The molecule has 1 rings (SSSR count). The molecule has 0 spiro atoms. The molecule has 1 fully saturated rings. The lowest BCUT2D eigenvalue weighted by molar-refractivity contribution is -0.111. The Morgan fingerprint density at radius 1 is 1.17 bits per heavy atom. The summed E-state index contributed by atoms with van der Waals surface area (Å²) in [6.07, 6.45) is 0. The first-order valence-corrected chi connectivity index (χ1v) is 4.40. The summed E-state index contributed by atoms with van der Waals surface area (Å²) in [5, 5.41) is 18.1. The summed E-state index contributed by atoms with van der Waals surface area (Å²) in [5.41, 5.74) is -0.0683. The van der Waals surface area contributed by atoms with Crippen LogP contribution in [0.15, 0.2) is 0 Å². The number of hydrogen-bond donors (Lipinski definition) is 2. The summed E-state index contributed by atoms with van der Waals surface area (Å²) < 4.78 is 0. The smallest absolute Gasteiger partial charge is 0.0534 e. The highest BCUT2D eigenvalue weighted by molar-refractivity contribution is 4.98. The summed E-state index contributed by atoms with van der Waals surface area (Å²) in [5.74, 6) is 0. The van der Waals surface area contributed by atoms with Gasteiger partial charge < -0.3 is 10.2 Å². The van der Waals surface area contributed by atoms with Gasteiger partial charge in [-0.25, -0.2) is 0 Å². The average molecular weight is 173 g/mol.